The third-order valence-electron chi connectivity index (χ3n) is 6.52. The molecule has 0 radical (unpaired) electrons. The summed E-state index contributed by atoms with van der Waals surface area (Å²) in [5.74, 6) is 0.744. The summed E-state index contributed by atoms with van der Waals surface area (Å²) in [4.78, 5) is 27.3. The number of nitrogens with zero attached hydrogens (tertiary/aromatic N) is 1. The summed E-state index contributed by atoms with van der Waals surface area (Å²) in [6.07, 6.45) is 0.0128. The molecule has 0 aliphatic heterocycles. The summed E-state index contributed by atoms with van der Waals surface area (Å²) in [5.41, 5.74) is 1.92. The predicted molar refractivity (Wildman–Crippen MR) is 153 cm³/mol. The van der Waals surface area contributed by atoms with Gasteiger partial charge < -0.3 is 39.7 Å². The van der Waals surface area contributed by atoms with Crippen LogP contribution < -0.4 is 19.5 Å². The highest BCUT2D eigenvalue weighted by Gasteiger charge is 2.40. The molecule has 0 bridgehead atoms. The standard InChI is InChI=1S/C28H35IN2O8/c1-17(34)31(9-7-18-5-4-6-21(11-18)37-2)23-14-20(28(36)30-8-10-32)15-24(26(23)35)39-27-22(29)12-19(16-33)13-25(27)38-3/h4-6,11-13,15,23-24,26,32-33,35H,7-10,14,16H2,1-3H3,(H,30,36). The first-order chi connectivity index (χ1) is 18.7. The third-order valence-corrected chi connectivity index (χ3v) is 7.32. The number of rotatable bonds is 12. The lowest BCUT2D eigenvalue weighted by Gasteiger charge is -2.40. The highest BCUT2D eigenvalue weighted by Crippen LogP contribution is 2.37. The Kier molecular flexibility index (Phi) is 11.4. The Morgan fingerprint density at radius 2 is 1.90 bits per heavy atom. The van der Waals surface area contributed by atoms with Crippen LogP contribution in [0.4, 0.5) is 0 Å². The molecule has 0 saturated heterocycles. The first-order valence-electron chi connectivity index (χ1n) is 12.5. The van der Waals surface area contributed by atoms with E-state index in [0.29, 0.717) is 44.9 Å². The van der Waals surface area contributed by atoms with Crippen molar-refractivity contribution in [2.75, 3.05) is 33.9 Å². The average molecular weight is 654 g/mol. The summed E-state index contributed by atoms with van der Waals surface area (Å²) in [6.45, 7) is 1.38. The third kappa shape index (κ3) is 7.84. The number of methoxy groups -OCH3 is 2. The zero-order chi connectivity index (χ0) is 28.5. The Balaban J connectivity index is 1.94. The van der Waals surface area contributed by atoms with Crippen molar-refractivity contribution < 1.29 is 39.1 Å². The lowest BCUT2D eigenvalue weighted by molar-refractivity contribution is -0.136. The number of carbonyl (C=O) groups is 2. The zero-order valence-electron chi connectivity index (χ0n) is 22.2. The van der Waals surface area contributed by atoms with Crippen molar-refractivity contribution in [3.05, 3.63) is 62.7 Å². The number of benzene rings is 2. The molecule has 0 aromatic heterocycles. The van der Waals surface area contributed by atoms with Gasteiger partial charge in [-0.3, -0.25) is 9.59 Å². The molecular formula is C28H35IN2O8. The van der Waals surface area contributed by atoms with Crippen LogP contribution in [0, 0.1) is 3.57 Å². The highest BCUT2D eigenvalue weighted by molar-refractivity contribution is 14.1. The molecule has 0 heterocycles. The Bertz CT molecular complexity index is 1190. The fraction of sp³-hybridized carbons (Fsp3) is 0.429. The average Bonchev–Trinajstić information content (AvgIpc) is 2.94. The van der Waals surface area contributed by atoms with E-state index in [-0.39, 0.29) is 32.1 Å². The molecule has 3 rings (SSSR count). The van der Waals surface area contributed by atoms with Gasteiger partial charge in [0.25, 0.3) is 0 Å². The molecule has 39 heavy (non-hydrogen) atoms. The molecule has 1 aliphatic carbocycles. The van der Waals surface area contributed by atoms with Gasteiger partial charge >= 0.3 is 0 Å². The number of amides is 2. The lowest BCUT2D eigenvalue weighted by atomic mass is 9.88. The summed E-state index contributed by atoms with van der Waals surface area (Å²) in [5, 5.41) is 32.9. The van der Waals surface area contributed by atoms with Gasteiger partial charge in [0.15, 0.2) is 11.5 Å². The maximum atomic E-state index is 12.9. The number of carbonyl (C=O) groups excluding carboxylic acids is 2. The summed E-state index contributed by atoms with van der Waals surface area (Å²) < 4.78 is 17.6. The van der Waals surface area contributed by atoms with Crippen LogP contribution in [-0.4, -0.2) is 84.2 Å². The van der Waals surface area contributed by atoms with Gasteiger partial charge in [0.05, 0.1) is 37.0 Å². The number of aliphatic hydroxyl groups excluding tert-OH is 3. The molecule has 3 unspecified atom stereocenters. The molecule has 1 aliphatic rings. The molecular weight excluding hydrogens is 619 g/mol. The van der Waals surface area contributed by atoms with Gasteiger partial charge in [-0.25, -0.2) is 0 Å². The molecule has 0 spiro atoms. The second-order valence-electron chi connectivity index (χ2n) is 9.10. The van der Waals surface area contributed by atoms with E-state index in [1.165, 1.54) is 14.0 Å². The van der Waals surface area contributed by atoms with Crippen LogP contribution in [0.5, 0.6) is 17.2 Å². The molecule has 10 nitrogen and oxygen atoms in total. The first-order valence-corrected chi connectivity index (χ1v) is 13.6. The fourth-order valence-electron chi connectivity index (χ4n) is 4.53. The van der Waals surface area contributed by atoms with Gasteiger partial charge in [-0.2, -0.15) is 0 Å². The smallest absolute Gasteiger partial charge is 0.247 e. The van der Waals surface area contributed by atoms with Crippen molar-refractivity contribution >= 4 is 34.4 Å². The van der Waals surface area contributed by atoms with E-state index < -0.39 is 24.2 Å². The quantitative estimate of drug-likeness (QED) is 0.255. The van der Waals surface area contributed by atoms with Crippen LogP contribution in [0.25, 0.3) is 0 Å². The van der Waals surface area contributed by atoms with Crippen LogP contribution >= 0.6 is 22.6 Å². The fourth-order valence-corrected chi connectivity index (χ4v) is 5.32. The minimum atomic E-state index is -1.16. The molecule has 4 N–H and O–H groups in total. The second kappa shape index (κ2) is 14.5. The van der Waals surface area contributed by atoms with E-state index in [1.807, 2.05) is 24.3 Å². The highest BCUT2D eigenvalue weighted by atomic mass is 127. The van der Waals surface area contributed by atoms with Gasteiger partial charge in [0, 0.05) is 32.0 Å². The molecule has 11 heteroatoms. The minimum absolute atomic E-state index is 0.0650. The predicted octanol–water partition coefficient (Wildman–Crippen LogP) is 1.81. The summed E-state index contributed by atoms with van der Waals surface area (Å²) in [7, 11) is 3.06. The van der Waals surface area contributed by atoms with E-state index in [1.54, 1.807) is 30.2 Å². The number of ether oxygens (including phenoxy) is 3. The number of nitrogens with one attached hydrogen (secondary N) is 1. The van der Waals surface area contributed by atoms with E-state index in [4.69, 9.17) is 19.3 Å². The van der Waals surface area contributed by atoms with Crippen molar-refractivity contribution in [3.63, 3.8) is 0 Å². The number of halogens is 1. The lowest BCUT2D eigenvalue weighted by Crippen LogP contribution is -2.55. The molecule has 3 atom stereocenters. The molecule has 0 fully saturated rings. The van der Waals surface area contributed by atoms with Crippen LogP contribution in [0.2, 0.25) is 0 Å². The first kappa shape index (κ1) is 30.7. The SMILES string of the molecule is COc1cccc(CCN(C(C)=O)C2CC(C(=O)NCCO)=CC(Oc3c(I)cc(CO)cc3OC)C2O)c1. The number of aliphatic hydroxyl groups is 3. The Morgan fingerprint density at radius 1 is 1.13 bits per heavy atom. The molecule has 2 aromatic carbocycles. The Morgan fingerprint density at radius 3 is 2.54 bits per heavy atom. The molecule has 212 valence electrons. The van der Waals surface area contributed by atoms with Crippen molar-refractivity contribution in [1.29, 1.82) is 0 Å². The second-order valence-corrected chi connectivity index (χ2v) is 10.3. The van der Waals surface area contributed by atoms with Gasteiger partial charge in [0.1, 0.15) is 18.0 Å². The van der Waals surface area contributed by atoms with E-state index in [2.05, 4.69) is 27.9 Å². The van der Waals surface area contributed by atoms with Crippen molar-refractivity contribution in [2.24, 2.45) is 0 Å². The minimum Gasteiger partial charge on any atom is -0.497 e. The van der Waals surface area contributed by atoms with Gasteiger partial charge in [-0.1, -0.05) is 12.1 Å². The van der Waals surface area contributed by atoms with Crippen molar-refractivity contribution in [3.8, 4) is 17.2 Å². The molecule has 0 saturated carbocycles. The molecule has 2 aromatic rings. The van der Waals surface area contributed by atoms with Crippen LogP contribution in [0.3, 0.4) is 0 Å². The monoisotopic (exact) mass is 654 g/mol. The molecule has 2 amide bonds. The Labute approximate surface area is 241 Å². The normalized spacial score (nSPS) is 18.6. The number of hydrogen-bond acceptors (Lipinski definition) is 8. The van der Waals surface area contributed by atoms with Crippen LogP contribution in [0.15, 0.2) is 48.0 Å². The van der Waals surface area contributed by atoms with Gasteiger partial charge in [0.2, 0.25) is 11.8 Å². The van der Waals surface area contributed by atoms with Crippen LogP contribution in [0.1, 0.15) is 24.5 Å². The number of hydrogen-bond donors (Lipinski definition) is 4. The van der Waals surface area contributed by atoms with Gasteiger partial charge in [-0.15, -0.1) is 0 Å². The summed E-state index contributed by atoms with van der Waals surface area (Å²) >= 11 is 2.05. The van der Waals surface area contributed by atoms with Crippen LogP contribution in [-0.2, 0) is 22.6 Å². The summed E-state index contributed by atoms with van der Waals surface area (Å²) in [6, 6.07) is 10.2. The van der Waals surface area contributed by atoms with Gasteiger partial charge in [-0.05, 0) is 70.5 Å². The van der Waals surface area contributed by atoms with E-state index in [9.17, 15) is 19.8 Å². The van der Waals surface area contributed by atoms with E-state index >= 15 is 0 Å². The van der Waals surface area contributed by atoms with Crippen molar-refractivity contribution in [1.82, 2.24) is 10.2 Å². The van der Waals surface area contributed by atoms with Crippen molar-refractivity contribution in [2.45, 2.75) is 44.6 Å². The largest absolute Gasteiger partial charge is 0.497 e. The maximum Gasteiger partial charge on any atom is 0.247 e. The zero-order valence-corrected chi connectivity index (χ0v) is 24.4. The Hall–Kier alpha value is -2.87. The maximum absolute atomic E-state index is 12.9. The topological polar surface area (TPSA) is 138 Å². The van der Waals surface area contributed by atoms with E-state index in [0.717, 1.165) is 5.56 Å².